The zero-order chi connectivity index (χ0) is 11.1. The lowest BCUT2D eigenvalue weighted by molar-refractivity contribution is 0.0894. The summed E-state index contributed by atoms with van der Waals surface area (Å²) in [6, 6.07) is 1.56. The van der Waals surface area contributed by atoms with Gasteiger partial charge < -0.3 is 16.0 Å². The van der Waals surface area contributed by atoms with Gasteiger partial charge in [0.2, 0.25) is 0 Å². The van der Waals surface area contributed by atoms with Crippen LogP contribution in [0.5, 0.6) is 0 Å². The SMILES string of the molecule is NC1CCC(N2CCN3C(=O)NCC3C2)C1. The number of hydrogen-bond donors (Lipinski definition) is 2. The Hall–Kier alpha value is -0.810. The molecule has 0 aromatic carbocycles. The Kier molecular flexibility index (Phi) is 2.52. The Labute approximate surface area is 95.9 Å². The van der Waals surface area contributed by atoms with Gasteiger partial charge in [-0.05, 0) is 19.3 Å². The standard InChI is InChI=1S/C11H20N4O/c12-8-1-2-9(5-8)14-3-4-15-10(7-14)6-13-11(15)16/h8-10H,1-7,12H2,(H,13,16). The third kappa shape index (κ3) is 1.68. The van der Waals surface area contributed by atoms with Crippen LogP contribution >= 0.6 is 0 Å². The van der Waals surface area contributed by atoms with Crippen molar-refractivity contribution in [3.05, 3.63) is 0 Å². The summed E-state index contributed by atoms with van der Waals surface area (Å²) in [7, 11) is 0. The van der Waals surface area contributed by atoms with Crippen LogP contribution in [0.2, 0.25) is 0 Å². The van der Waals surface area contributed by atoms with E-state index in [1.54, 1.807) is 0 Å². The number of rotatable bonds is 1. The summed E-state index contributed by atoms with van der Waals surface area (Å²) in [6.07, 6.45) is 3.52. The molecule has 3 atom stereocenters. The summed E-state index contributed by atoms with van der Waals surface area (Å²) >= 11 is 0. The minimum Gasteiger partial charge on any atom is -0.336 e. The summed E-state index contributed by atoms with van der Waals surface area (Å²) in [5.41, 5.74) is 5.96. The molecule has 2 aliphatic heterocycles. The van der Waals surface area contributed by atoms with E-state index >= 15 is 0 Å². The minimum absolute atomic E-state index is 0.118. The van der Waals surface area contributed by atoms with E-state index in [1.165, 1.54) is 6.42 Å². The maximum absolute atomic E-state index is 11.5. The molecular formula is C11H20N4O. The second-order valence-corrected chi connectivity index (χ2v) is 5.26. The predicted molar refractivity (Wildman–Crippen MR) is 61.1 cm³/mol. The third-order valence-electron chi connectivity index (χ3n) is 4.23. The smallest absolute Gasteiger partial charge is 0.317 e. The van der Waals surface area contributed by atoms with Crippen molar-refractivity contribution < 1.29 is 4.79 Å². The highest BCUT2D eigenvalue weighted by atomic mass is 16.2. The number of nitrogens with two attached hydrogens (primary N) is 1. The van der Waals surface area contributed by atoms with Gasteiger partial charge in [-0.2, -0.15) is 0 Å². The Morgan fingerprint density at radius 2 is 2.12 bits per heavy atom. The van der Waals surface area contributed by atoms with E-state index in [0.29, 0.717) is 18.1 Å². The van der Waals surface area contributed by atoms with Gasteiger partial charge in [0.25, 0.3) is 0 Å². The summed E-state index contributed by atoms with van der Waals surface area (Å²) in [5, 5.41) is 2.92. The van der Waals surface area contributed by atoms with Crippen LogP contribution in [0.25, 0.3) is 0 Å². The zero-order valence-corrected chi connectivity index (χ0v) is 9.56. The highest BCUT2D eigenvalue weighted by molar-refractivity contribution is 5.77. The molecule has 0 radical (unpaired) electrons. The van der Waals surface area contributed by atoms with Gasteiger partial charge in [0.1, 0.15) is 0 Å². The van der Waals surface area contributed by atoms with E-state index in [0.717, 1.165) is 39.0 Å². The average Bonchev–Trinajstić information content (AvgIpc) is 2.86. The molecule has 5 heteroatoms. The molecule has 0 bridgehead atoms. The number of urea groups is 1. The third-order valence-corrected chi connectivity index (χ3v) is 4.23. The molecule has 16 heavy (non-hydrogen) atoms. The van der Waals surface area contributed by atoms with Crippen molar-refractivity contribution in [2.75, 3.05) is 26.2 Å². The lowest BCUT2D eigenvalue weighted by atomic mass is 10.1. The van der Waals surface area contributed by atoms with Crippen molar-refractivity contribution >= 4 is 6.03 Å². The zero-order valence-electron chi connectivity index (χ0n) is 9.56. The van der Waals surface area contributed by atoms with Gasteiger partial charge in [0.15, 0.2) is 0 Å². The molecule has 2 amide bonds. The first kappa shape index (κ1) is 10.4. The van der Waals surface area contributed by atoms with Crippen molar-refractivity contribution in [3.63, 3.8) is 0 Å². The summed E-state index contributed by atoms with van der Waals surface area (Å²) in [4.78, 5) is 16.0. The van der Waals surface area contributed by atoms with Crippen LogP contribution in [-0.4, -0.2) is 60.1 Å². The molecule has 90 valence electrons. The van der Waals surface area contributed by atoms with Gasteiger partial charge in [-0.25, -0.2) is 4.79 Å². The number of carbonyl (C=O) groups is 1. The van der Waals surface area contributed by atoms with Gasteiger partial charge in [-0.15, -0.1) is 0 Å². The number of piperazine rings is 1. The van der Waals surface area contributed by atoms with E-state index in [1.807, 2.05) is 4.90 Å². The van der Waals surface area contributed by atoms with Crippen LogP contribution < -0.4 is 11.1 Å². The molecule has 3 unspecified atom stereocenters. The molecule has 3 aliphatic rings. The van der Waals surface area contributed by atoms with E-state index in [-0.39, 0.29) is 6.03 Å². The van der Waals surface area contributed by atoms with Crippen LogP contribution in [0, 0.1) is 0 Å². The molecule has 0 aromatic heterocycles. The molecule has 1 saturated carbocycles. The van der Waals surface area contributed by atoms with Gasteiger partial charge in [-0.1, -0.05) is 0 Å². The van der Waals surface area contributed by atoms with Crippen molar-refractivity contribution in [3.8, 4) is 0 Å². The van der Waals surface area contributed by atoms with Gasteiger partial charge in [0, 0.05) is 38.3 Å². The first-order valence-electron chi connectivity index (χ1n) is 6.28. The summed E-state index contributed by atoms with van der Waals surface area (Å²) in [5.74, 6) is 0. The summed E-state index contributed by atoms with van der Waals surface area (Å²) in [6.45, 7) is 3.73. The molecular weight excluding hydrogens is 204 g/mol. The number of nitrogens with zero attached hydrogens (tertiary/aromatic N) is 2. The minimum atomic E-state index is 0.118. The van der Waals surface area contributed by atoms with E-state index < -0.39 is 0 Å². The average molecular weight is 224 g/mol. The van der Waals surface area contributed by atoms with Crippen molar-refractivity contribution in [1.29, 1.82) is 0 Å². The van der Waals surface area contributed by atoms with Gasteiger partial charge in [0.05, 0.1) is 6.04 Å². The van der Waals surface area contributed by atoms with Crippen LogP contribution in [0.3, 0.4) is 0 Å². The molecule has 1 aliphatic carbocycles. The van der Waals surface area contributed by atoms with Crippen LogP contribution in [0.1, 0.15) is 19.3 Å². The second kappa shape index (κ2) is 3.89. The fourth-order valence-electron chi connectivity index (χ4n) is 3.28. The first-order valence-corrected chi connectivity index (χ1v) is 6.28. The molecule has 2 heterocycles. The Balaban J connectivity index is 1.62. The lowest BCUT2D eigenvalue weighted by Crippen LogP contribution is -2.54. The number of fused-ring (bicyclic) bond motifs is 1. The molecule has 5 nitrogen and oxygen atoms in total. The second-order valence-electron chi connectivity index (χ2n) is 5.26. The maximum Gasteiger partial charge on any atom is 0.317 e. The molecule has 3 fully saturated rings. The van der Waals surface area contributed by atoms with Crippen molar-refractivity contribution in [1.82, 2.24) is 15.1 Å². The van der Waals surface area contributed by atoms with Crippen LogP contribution in [0.4, 0.5) is 4.79 Å². The van der Waals surface area contributed by atoms with Gasteiger partial charge in [-0.3, -0.25) is 4.90 Å². The number of carbonyl (C=O) groups excluding carboxylic acids is 1. The van der Waals surface area contributed by atoms with E-state index in [4.69, 9.17) is 5.73 Å². The number of amides is 2. The fourth-order valence-corrected chi connectivity index (χ4v) is 3.28. The number of nitrogens with one attached hydrogen (secondary N) is 1. The Bertz CT molecular complexity index is 296. The first-order chi connectivity index (χ1) is 7.74. The molecule has 3 rings (SSSR count). The van der Waals surface area contributed by atoms with Crippen molar-refractivity contribution in [2.45, 2.75) is 37.4 Å². The van der Waals surface area contributed by atoms with Gasteiger partial charge >= 0.3 is 6.03 Å². The molecule has 2 saturated heterocycles. The monoisotopic (exact) mass is 224 g/mol. The summed E-state index contributed by atoms with van der Waals surface area (Å²) < 4.78 is 0. The topological polar surface area (TPSA) is 61.6 Å². The highest BCUT2D eigenvalue weighted by Gasteiger charge is 2.38. The molecule has 0 spiro atoms. The van der Waals surface area contributed by atoms with Crippen molar-refractivity contribution in [2.24, 2.45) is 5.73 Å². The lowest BCUT2D eigenvalue weighted by Gasteiger charge is -2.39. The highest BCUT2D eigenvalue weighted by Crippen LogP contribution is 2.26. The Morgan fingerprint density at radius 1 is 1.25 bits per heavy atom. The normalized spacial score (nSPS) is 39.9. The van der Waals surface area contributed by atoms with E-state index in [2.05, 4.69) is 10.2 Å². The molecule has 3 N–H and O–H groups in total. The van der Waals surface area contributed by atoms with Crippen LogP contribution in [0.15, 0.2) is 0 Å². The molecule has 0 aromatic rings. The largest absolute Gasteiger partial charge is 0.336 e. The fraction of sp³-hybridized carbons (Fsp3) is 0.909. The predicted octanol–water partition coefficient (Wildman–Crippen LogP) is -0.424. The van der Waals surface area contributed by atoms with Crippen LogP contribution in [-0.2, 0) is 0 Å². The number of hydrogen-bond acceptors (Lipinski definition) is 3. The van der Waals surface area contributed by atoms with E-state index in [9.17, 15) is 4.79 Å². The maximum atomic E-state index is 11.5. The quantitative estimate of drug-likeness (QED) is 0.635. The Morgan fingerprint density at radius 3 is 2.88 bits per heavy atom.